The molecule has 1 aliphatic heterocycles. The van der Waals surface area contributed by atoms with E-state index in [1.807, 2.05) is 18.2 Å². The van der Waals surface area contributed by atoms with Gasteiger partial charge in [0.2, 0.25) is 0 Å². The molecule has 0 saturated carbocycles. The summed E-state index contributed by atoms with van der Waals surface area (Å²) in [6.07, 6.45) is 1.51. The number of likely N-dealkylation sites (tertiary alicyclic amines) is 1. The molecule has 0 aromatic heterocycles. The van der Waals surface area contributed by atoms with Crippen LogP contribution in [0.5, 0.6) is 0 Å². The molecule has 118 valence electrons. The minimum atomic E-state index is -0.487. The molecule has 1 aliphatic rings. The summed E-state index contributed by atoms with van der Waals surface area (Å²) in [5, 5.41) is 11.0. The number of halogens is 2. The maximum Gasteiger partial charge on any atom is 0.0816 e. The minimum absolute atomic E-state index is 0.377. The molecule has 0 aliphatic carbocycles. The summed E-state index contributed by atoms with van der Waals surface area (Å²) in [5.41, 5.74) is 1.20. The summed E-state index contributed by atoms with van der Waals surface area (Å²) in [6, 6.07) is 5.67. The lowest BCUT2D eigenvalue weighted by Gasteiger charge is -2.27. The lowest BCUT2D eigenvalue weighted by Crippen LogP contribution is -2.27. The van der Waals surface area contributed by atoms with Crippen LogP contribution >= 0.6 is 27.5 Å². The van der Waals surface area contributed by atoms with Crippen molar-refractivity contribution in [3.8, 4) is 0 Å². The van der Waals surface area contributed by atoms with Gasteiger partial charge in [-0.05, 0) is 48.4 Å². The quantitative estimate of drug-likeness (QED) is 0.810. The van der Waals surface area contributed by atoms with Crippen molar-refractivity contribution in [2.24, 2.45) is 11.3 Å². The summed E-state index contributed by atoms with van der Waals surface area (Å²) in [5.74, 6) is 0.755. The fraction of sp³-hybridized carbons (Fsp3) is 0.647. The zero-order chi connectivity index (χ0) is 15.6. The molecule has 1 saturated heterocycles. The Morgan fingerprint density at radius 1 is 1.43 bits per heavy atom. The van der Waals surface area contributed by atoms with Crippen LogP contribution in [0.4, 0.5) is 0 Å². The molecule has 21 heavy (non-hydrogen) atoms. The Kier molecular flexibility index (Phi) is 5.75. The van der Waals surface area contributed by atoms with E-state index in [0.717, 1.165) is 42.0 Å². The van der Waals surface area contributed by atoms with Gasteiger partial charge in [-0.2, -0.15) is 0 Å². The Morgan fingerprint density at radius 2 is 2.14 bits per heavy atom. The van der Waals surface area contributed by atoms with Crippen molar-refractivity contribution < 1.29 is 5.11 Å². The molecule has 4 heteroatoms. The van der Waals surface area contributed by atoms with Crippen LogP contribution in [0, 0.1) is 11.3 Å². The molecule has 0 amide bonds. The first-order valence-corrected chi connectivity index (χ1v) is 8.80. The minimum Gasteiger partial charge on any atom is -0.388 e. The van der Waals surface area contributed by atoms with E-state index in [1.54, 1.807) is 0 Å². The van der Waals surface area contributed by atoms with Gasteiger partial charge < -0.3 is 10.0 Å². The summed E-state index contributed by atoms with van der Waals surface area (Å²) in [4.78, 5) is 2.46. The number of aliphatic hydroxyl groups is 1. The van der Waals surface area contributed by atoms with Crippen LogP contribution in [0.2, 0.25) is 5.02 Å². The van der Waals surface area contributed by atoms with E-state index < -0.39 is 6.10 Å². The molecule has 0 radical (unpaired) electrons. The second kappa shape index (κ2) is 6.99. The van der Waals surface area contributed by atoms with E-state index >= 15 is 0 Å². The molecule has 2 unspecified atom stereocenters. The molecule has 2 rings (SSSR count). The summed E-state index contributed by atoms with van der Waals surface area (Å²) in [6.45, 7) is 10.2. The molecule has 0 bridgehead atoms. The van der Waals surface area contributed by atoms with E-state index in [4.69, 9.17) is 11.6 Å². The molecule has 1 aromatic carbocycles. The van der Waals surface area contributed by atoms with E-state index in [2.05, 4.69) is 41.6 Å². The summed E-state index contributed by atoms with van der Waals surface area (Å²) < 4.78 is 0.941. The molecule has 2 atom stereocenters. The largest absolute Gasteiger partial charge is 0.388 e. The van der Waals surface area contributed by atoms with E-state index in [-0.39, 0.29) is 0 Å². The highest BCUT2D eigenvalue weighted by Crippen LogP contribution is 2.34. The molecule has 1 aromatic rings. The predicted molar refractivity (Wildman–Crippen MR) is 92.7 cm³/mol. The number of hydrogen-bond donors (Lipinski definition) is 1. The zero-order valence-electron chi connectivity index (χ0n) is 13.1. The Hall–Kier alpha value is -0.0900. The van der Waals surface area contributed by atoms with Gasteiger partial charge in [0.25, 0.3) is 0 Å². The van der Waals surface area contributed by atoms with Crippen molar-refractivity contribution in [1.82, 2.24) is 4.90 Å². The van der Waals surface area contributed by atoms with Gasteiger partial charge in [-0.3, -0.25) is 0 Å². The highest BCUT2D eigenvalue weighted by molar-refractivity contribution is 9.10. The van der Waals surface area contributed by atoms with Gasteiger partial charge in [-0.15, -0.1) is 0 Å². The van der Waals surface area contributed by atoms with Gasteiger partial charge in [0.05, 0.1) is 6.10 Å². The van der Waals surface area contributed by atoms with E-state index in [9.17, 15) is 5.11 Å². The molecular formula is C17H25BrClNO. The first-order valence-electron chi connectivity index (χ1n) is 7.62. The first kappa shape index (κ1) is 17.3. The average molecular weight is 375 g/mol. The second-order valence-electron chi connectivity index (χ2n) is 7.12. The molecule has 1 fully saturated rings. The fourth-order valence-corrected chi connectivity index (χ4v) is 3.77. The third-order valence-electron chi connectivity index (χ3n) is 4.54. The smallest absolute Gasteiger partial charge is 0.0816 e. The lowest BCUT2D eigenvalue weighted by molar-refractivity contribution is 0.144. The lowest BCUT2D eigenvalue weighted by atomic mass is 9.80. The maximum atomic E-state index is 10.4. The normalized spacial score (nSPS) is 21.7. The molecule has 2 nitrogen and oxygen atoms in total. The van der Waals surface area contributed by atoms with Crippen LogP contribution in [-0.4, -0.2) is 29.6 Å². The van der Waals surface area contributed by atoms with Crippen LogP contribution in [0.15, 0.2) is 22.7 Å². The van der Waals surface area contributed by atoms with Gasteiger partial charge in [-0.1, -0.05) is 54.4 Å². The second-order valence-corrected chi connectivity index (χ2v) is 8.45. The van der Waals surface area contributed by atoms with Crippen LogP contribution in [0.3, 0.4) is 0 Å². The SMILES string of the molecule is CC(C)(C)C1CCN(CCC(O)c2ccc(Br)cc2Cl)C1. The molecule has 0 spiro atoms. The molecular weight excluding hydrogens is 350 g/mol. The Labute approximate surface area is 141 Å². The van der Waals surface area contributed by atoms with Crippen molar-refractivity contribution in [2.75, 3.05) is 19.6 Å². The van der Waals surface area contributed by atoms with Gasteiger partial charge >= 0.3 is 0 Å². The monoisotopic (exact) mass is 373 g/mol. The Bertz CT molecular complexity index is 486. The van der Waals surface area contributed by atoms with Crippen LogP contribution in [-0.2, 0) is 0 Å². The maximum absolute atomic E-state index is 10.4. The van der Waals surface area contributed by atoms with Crippen molar-refractivity contribution in [2.45, 2.75) is 39.7 Å². The van der Waals surface area contributed by atoms with Crippen LogP contribution < -0.4 is 0 Å². The number of rotatable bonds is 4. The zero-order valence-corrected chi connectivity index (χ0v) is 15.4. The van der Waals surface area contributed by atoms with Gasteiger partial charge in [0.1, 0.15) is 0 Å². The Morgan fingerprint density at radius 3 is 2.71 bits per heavy atom. The van der Waals surface area contributed by atoms with Crippen molar-refractivity contribution >= 4 is 27.5 Å². The van der Waals surface area contributed by atoms with Gasteiger partial charge in [-0.25, -0.2) is 0 Å². The standard InChI is InChI=1S/C17H25BrClNO/c1-17(2,3)12-6-8-20(11-12)9-7-16(21)14-5-4-13(18)10-15(14)19/h4-5,10,12,16,21H,6-9,11H2,1-3H3. The predicted octanol–water partition coefficient (Wildman–Crippen LogP) is 4.89. The highest BCUT2D eigenvalue weighted by Gasteiger charge is 2.31. The van der Waals surface area contributed by atoms with Crippen LogP contribution in [0.1, 0.15) is 45.3 Å². The van der Waals surface area contributed by atoms with E-state index in [0.29, 0.717) is 10.4 Å². The third-order valence-corrected chi connectivity index (χ3v) is 5.36. The van der Waals surface area contributed by atoms with Crippen molar-refractivity contribution in [1.29, 1.82) is 0 Å². The summed E-state index contributed by atoms with van der Waals surface area (Å²) in [7, 11) is 0. The molecule has 1 N–H and O–H groups in total. The number of benzene rings is 1. The topological polar surface area (TPSA) is 23.5 Å². The summed E-state index contributed by atoms with van der Waals surface area (Å²) >= 11 is 9.59. The van der Waals surface area contributed by atoms with Crippen LogP contribution in [0.25, 0.3) is 0 Å². The van der Waals surface area contributed by atoms with Crippen molar-refractivity contribution in [3.63, 3.8) is 0 Å². The fourth-order valence-electron chi connectivity index (χ4n) is 2.97. The highest BCUT2D eigenvalue weighted by atomic mass is 79.9. The number of aliphatic hydroxyl groups excluding tert-OH is 1. The number of hydrogen-bond acceptors (Lipinski definition) is 2. The Balaban J connectivity index is 1.86. The van der Waals surface area contributed by atoms with E-state index in [1.165, 1.54) is 6.42 Å². The number of nitrogens with zero attached hydrogens (tertiary/aromatic N) is 1. The van der Waals surface area contributed by atoms with Crippen molar-refractivity contribution in [3.05, 3.63) is 33.3 Å². The third kappa shape index (κ3) is 4.69. The average Bonchev–Trinajstić information content (AvgIpc) is 2.84. The van der Waals surface area contributed by atoms with Gasteiger partial charge in [0.15, 0.2) is 0 Å². The van der Waals surface area contributed by atoms with Gasteiger partial charge in [0, 0.05) is 22.6 Å². The molecule has 1 heterocycles. The first-order chi connectivity index (χ1) is 9.77.